The number of halogens is 2. The van der Waals surface area contributed by atoms with Crippen LogP contribution in [0.3, 0.4) is 0 Å². The van der Waals surface area contributed by atoms with Crippen molar-refractivity contribution in [3.63, 3.8) is 0 Å². The van der Waals surface area contributed by atoms with Gasteiger partial charge in [0.2, 0.25) is 0 Å². The normalized spacial score (nSPS) is 20.3. The zero-order valence-corrected chi connectivity index (χ0v) is 14.1. The van der Waals surface area contributed by atoms with Crippen LogP contribution >= 0.6 is 12.4 Å². The maximum atomic E-state index is 14.0. The molecule has 132 valence electrons. The number of anilines is 1. The van der Waals surface area contributed by atoms with E-state index in [0.717, 1.165) is 25.9 Å². The summed E-state index contributed by atoms with van der Waals surface area (Å²) >= 11 is 0. The lowest BCUT2D eigenvalue weighted by Gasteiger charge is -2.23. The number of nitrogens with one attached hydrogen (secondary N) is 3. The number of amides is 3. The predicted octanol–water partition coefficient (Wildman–Crippen LogP) is 1.51. The highest BCUT2D eigenvalue weighted by Crippen LogP contribution is 2.20. The fourth-order valence-electron chi connectivity index (χ4n) is 3.00. The number of rotatable bonds is 4. The van der Waals surface area contributed by atoms with Crippen LogP contribution < -0.4 is 20.9 Å². The van der Waals surface area contributed by atoms with Crippen LogP contribution in [-0.2, 0) is 0 Å². The minimum atomic E-state index is -0.576. The van der Waals surface area contributed by atoms with Crippen molar-refractivity contribution in [3.05, 3.63) is 29.6 Å². The summed E-state index contributed by atoms with van der Waals surface area (Å²) in [6.45, 7) is 3.47. The van der Waals surface area contributed by atoms with Gasteiger partial charge in [0, 0.05) is 25.3 Å². The lowest BCUT2D eigenvalue weighted by atomic mass is 9.99. The highest BCUT2D eigenvalue weighted by molar-refractivity contribution is 5.98. The molecule has 1 atom stereocenters. The molecule has 2 aliphatic rings. The number of carbonyl (C=O) groups excluding carboxylic acids is 2. The van der Waals surface area contributed by atoms with Gasteiger partial charge in [-0.15, -0.1) is 12.4 Å². The Morgan fingerprint density at radius 2 is 2.21 bits per heavy atom. The zero-order valence-electron chi connectivity index (χ0n) is 13.3. The first-order valence-corrected chi connectivity index (χ1v) is 7.99. The summed E-state index contributed by atoms with van der Waals surface area (Å²) < 4.78 is 14.0. The molecule has 0 spiro atoms. The van der Waals surface area contributed by atoms with Crippen molar-refractivity contribution in [3.8, 4) is 0 Å². The highest BCUT2D eigenvalue weighted by Gasteiger charge is 2.23. The third kappa shape index (κ3) is 4.15. The van der Waals surface area contributed by atoms with E-state index in [4.69, 9.17) is 0 Å². The smallest absolute Gasteiger partial charge is 0.321 e. The van der Waals surface area contributed by atoms with Gasteiger partial charge in [-0.3, -0.25) is 9.69 Å². The number of nitrogens with zero attached hydrogens (tertiary/aromatic N) is 1. The maximum Gasteiger partial charge on any atom is 0.321 e. The van der Waals surface area contributed by atoms with Crippen molar-refractivity contribution in [2.75, 3.05) is 37.6 Å². The fourth-order valence-corrected chi connectivity index (χ4v) is 3.00. The van der Waals surface area contributed by atoms with E-state index in [1.807, 2.05) is 0 Å². The van der Waals surface area contributed by atoms with Crippen LogP contribution in [0.1, 0.15) is 23.2 Å². The van der Waals surface area contributed by atoms with E-state index in [9.17, 15) is 14.0 Å². The van der Waals surface area contributed by atoms with Crippen molar-refractivity contribution in [1.82, 2.24) is 16.0 Å². The molecule has 1 aromatic rings. The molecule has 8 heteroatoms. The maximum absolute atomic E-state index is 14.0. The number of hydrogen-bond acceptors (Lipinski definition) is 3. The monoisotopic (exact) mass is 356 g/mol. The summed E-state index contributed by atoms with van der Waals surface area (Å²) in [5.74, 6) is -0.634. The van der Waals surface area contributed by atoms with Gasteiger partial charge < -0.3 is 16.0 Å². The Balaban J connectivity index is 0.00000208. The molecule has 3 N–H and O–H groups in total. The molecule has 2 fully saturated rings. The first-order chi connectivity index (χ1) is 11.1. The second kappa shape index (κ2) is 8.30. The van der Waals surface area contributed by atoms with Crippen LogP contribution in [0.5, 0.6) is 0 Å². The SMILES string of the molecule is Cl.O=C(NCC1CCCNC1)c1cc(N2CCNC2=O)ccc1F. The molecule has 3 rings (SSSR count). The molecule has 1 unspecified atom stereocenters. The lowest BCUT2D eigenvalue weighted by Crippen LogP contribution is -2.38. The quantitative estimate of drug-likeness (QED) is 0.765. The van der Waals surface area contributed by atoms with Gasteiger partial charge in [-0.1, -0.05) is 0 Å². The molecule has 6 nitrogen and oxygen atoms in total. The summed E-state index contributed by atoms with van der Waals surface area (Å²) in [5, 5.41) is 8.77. The summed E-state index contributed by atoms with van der Waals surface area (Å²) in [6, 6.07) is 3.96. The number of urea groups is 1. The van der Waals surface area contributed by atoms with Crippen LogP contribution in [0, 0.1) is 11.7 Å². The fraction of sp³-hybridized carbons (Fsp3) is 0.500. The van der Waals surface area contributed by atoms with Gasteiger partial charge >= 0.3 is 6.03 Å². The standard InChI is InChI=1S/C16H21FN4O2.ClH/c17-14-4-3-12(21-7-6-19-16(21)23)8-13(14)15(22)20-10-11-2-1-5-18-9-11;/h3-4,8,11,18H,1-2,5-7,9-10H2,(H,19,23)(H,20,22);1H. The zero-order chi connectivity index (χ0) is 16.2. The molecule has 2 aliphatic heterocycles. The van der Waals surface area contributed by atoms with E-state index < -0.39 is 11.7 Å². The first-order valence-electron chi connectivity index (χ1n) is 7.99. The summed E-state index contributed by atoms with van der Waals surface area (Å²) in [7, 11) is 0. The van der Waals surface area contributed by atoms with Gasteiger partial charge in [0.1, 0.15) is 5.82 Å². The van der Waals surface area contributed by atoms with E-state index in [2.05, 4.69) is 16.0 Å². The predicted molar refractivity (Wildman–Crippen MR) is 92.3 cm³/mol. The molecular weight excluding hydrogens is 335 g/mol. The van der Waals surface area contributed by atoms with Crippen LogP contribution in [0.2, 0.25) is 0 Å². The molecule has 24 heavy (non-hydrogen) atoms. The Hall–Kier alpha value is -1.86. The molecule has 0 aromatic heterocycles. The van der Waals surface area contributed by atoms with Gasteiger partial charge in [0.25, 0.3) is 5.91 Å². The second-order valence-electron chi connectivity index (χ2n) is 5.97. The number of carbonyl (C=O) groups is 2. The van der Waals surface area contributed by atoms with E-state index in [1.165, 1.54) is 23.1 Å². The largest absolute Gasteiger partial charge is 0.352 e. The second-order valence-corrected chi connectivity index (χ2v) is 5.97. The number of hydrogen-bond donors (Lipinski definition) is 3. The van der Waals surface area contributed by atoms with Crippen molar-refractivity contribution < 1.29 is 14.0 Å². The van der Waals surface area contributed by atoms with E-state index in [-0.39, 0.29) is 24.0 Å². The Labute approximate surface area is 146 Å². The third-order valence-electron chi connectivity index (χ3n) is 4.31. The topological polar surface area (TPSA) is 73.5 Å². The number of piperidine rings is 1. The van der Waals surface area contributed by atoms with Crippen LogP contribution in [0.25, 0.3) is 0 Å². The first kappa shape index (κ1) is 18.5. The van der Waals surface area contributed by atoms with E-state index in [1.54, 1.807) is 0 Å². The van der Waals surface area contributed by atoms with Gasteiger partial charge in [-0.05, 0) is 50.0 Å². The van der Waals surface area contributed by atoms with Gasteiger partial charge in [0.15, 0.2) is 0 Å². The van der Waals surface area contributed by atoms with Crippen molar-refractivity contribution in [2.45, 2.75) is 12.8 Å². The van der Waals surface area contributed by atoms with Crippen LogP contribution in [0.15, 0.2) is 18.2 Å². The third-order valence-corrected chi connectivity index (χ3v) is 4.31. The summed E-state index contributed by atoms with van der Waals surface area (Å²) in [5.41, 5.74) is 0.511. The molecule has 1 aromatic carbocycles. The molecular formula is C16H22ClFN4O2. The van der Waals surface area contributed by atoms with Crippen LogP contribution in [-0.4, -0.2) is 44.7 Å². The average Bonchev–Trinajstić information content (AvgIpc) is 3.00. The molecule has 0 aliphatic carbocycles. The summed E-state index contributed by atoms with van der Waals surface area (Å²) in [6.07, 6.45) is 2.15. The van der Waals surface area contributed by atoms with Gasteiger partial charge in [-0.2, -0.15) is 0 Å². The van der Waals surface area contributed by atoms with Crippen molar-refractivity contribution in [1.29, 1.82) is 0 Å². The highest BCUT2D eigenvalue weighted by atomic mass is 35.5. The van der Waals surface area contributed by atoms with Crippen LogP contribution in [0.4, 0.5) is 14.9 Å². The Kier molecular flexibility index (Phi) is 6.39. The Morgan fingerprint density at radius 3 is 2.88 bits per heavy atom. The minimum Gasteiger partial charge on any atom is -0.352 e. The average molecular weight is 357 g/mol. The van der Waals surface area contributed by atoms with E-state index >= 15 is 0 Å². The number of benzene rings is 1. The molecule has 0 saturated carbocycles. The molecule has 0 radical (unpaired) electrons. The summed E-state index contributed by atoms with van der Waals surface area (Å²) in [4.78, 5) is 25.5. The minimum absolute atomic E-state index is 0. The molecule has 0 bridgehead atoms. The van der Waals surface area contributed by atoms with Gasteiger partial charge in [0.05, 0.1) is 5.56 Å². The molecule has 2 heterocycles. The molecule has 2 saturated heterocycles. The Morgan fingerprint density at radius 1 is 1.38 bits per heavy atom. The van der Waals surface area contributed by atoms with E-state index in [0.29, 0.717) is 31.2 Å². The van der Waals surface area contributed by atoms with Gasteiger partial charge in [-0.25, -0.2) is 9.18 Å². The Bertz CT molecular complexity index is 608. The van der Waals surface area contributed by atoms with Crippen molar-refractivity contribution >= 4 is 30.0 Å². The molecule has 3 amide bonds. The van der Waals surface area contributed by atoms with Crippen molar-refractivity contribution in [2.24, 2.45) is 5.92 Å². The lowest BCUT2D eigenvalue weighted by molar-refractivity contribution is 0.0940.